The molecule has 1 fully saturated rings. The Bertz CT molecular complexity index is 1030. The number of carbonyl (C=O) groups excluding carboxylic acids is 1. The lowest BCUT2D eigenvalue weighted by Crippen LogP contribution is -2.52. The third-order valence-electron chi connectivity index (χ3n) is 5.34. The summed E-state index contributed by atoms with van der Waals surface area (Å²) in [4.78, 5) is 25.6. The zero-order valence-electron chi connectivity index (χ0n) is 17.0. The standard InChI is InChI=1S/C21H23ClN6O2.ClH/c1-14-13-27(9-10-28(14)17-11-15(22)3-4-19(17)30)8-5-18(29)16-12-25-26-20(16)21-23-6-2-7-24-21;/h2-4,6-7,11-12,14,30H,5,8-10,13H2,1H3,(H,25,26);1H. The van der Waals surface area contributed by atoms with Crippen LogP contribution in [0.4, 0.5) is 5.69 Å². The van der Waals surface area contributed by atoms with Gasteiger partial charge in [-0.25, -0.2) is 9.97 Å². The van der Waals surface area contributed by atoms with E-state index in [1.165, 1.54) is 6.20 Å². The highest BCUT2D eigenvalue weighted by atomic mass is 35.5. The molecule has 0 saturated carbocycles. The maximum absolute atomic E-state index is 12.8. The van der Waals surface area contributed by atoms with Crippen molar-refractivity contribution in [1.82, 2.24) is 25.1 Å². The number of aromatic nitrogens is 4. The van der Waals surface area contributed by atoms with Crippen LogP contribution in [0, 0.1) is 0 Å². The van der Waals surface area contributed by atoms with E-state index in [0.717, 1.165) is 25.3 Å². The van der Waals surface area contributed by atoms with Gasteiger partial charge >= 0.3 is 0 Å². The van der Waals surface area contributed by atoms with E-state index >= 15 is 0 Å². The molecule has 3 aromatic rings. The molecule has 1 aliphatic rings. The normalized spacial score (nSPS) is 16.7. The van der Waals surface area contributed by atoms with Crippen LogP contribution in [0.1, 0.15) is 23.7 Å². The molecule has 1 unspecified atom stereocenters. The smallest absolute Gasteiger partial charge is 0.178 e. The second kappa shape index (κ2) is 10.1. The highest BCUT2D eigenvalue weighted by molar-refractivity contribution is 6.30. The second-order valence-electron chi connectivity index (χ2n) is 7.38. The van der Waals surface area contributed by atoms with Crippen molar-refractivity contribution in [2.75, 3.05) is 31.1 Å². The summed E-state index contributed by atoms with van der Waals surface area (Å²) in [6.45, 7) is 5.09. The van der Waals surface area contributed by atoms with Gasteiger partial charge in [-0.05, 0) is 31.2 Å². The zero-order chi connectivity index (χ0) is 21.1. The van der Waals surface area contributed by atoms with Gasteiger partial charge in [-0.15, -0.1) is 12.4 Å². The minimum Gasteiger partial charge on any atom is -0.506 e. The Balaban J connectivity index is 0.00000272. The van der Waals surface area contributed by atoms with Crippen LogP contribution in [0.25, 0.3) is 11.5 Å². The number of benzene rings is 1. The molecular weight excluding hydrogens is 439 g/mol. The Morgan fingerprint density at radius 1 is 1.29 bits per heavy atom. The summed E-state index contributed by atoms with van der Waals surface area (Å²) in [5, 5.41) is 17.6. The number of piperazine rings is 1. The Labute approximate surface area is 191 Å². The van der Waals surface area contributed by atoms with E-state index in [2.05, 4.69) is 36.9 Å². The molecule has 0 bridgehead atoms. The van der Waals surface area contributed by atoms with E-state index in [1.807, 2.05) is 0 Å². The van der Waals surface area contributed by atoms with Gasteiger partial charge in [-0.3, -0.25) is 14.8 Å². The first-order valence-corrected chi connectivity index (χ1v) is 10.2. The summed E-state index contributed by atoms with van der Waals surface area (Å²) in [5.74, 6) is 0.696. The quantitative estimate of drug-likeness (QED) is 0.541. The molecule has 1 aliphatic heterocycles. The van der Waals surface area contributed by atoms with Gasteiger partial charge < -0.3 is 10.0 Å². The lowest BCUT2D eigenvalue weighted by Gasteiger charge is -2.41. The molecule has 10 heteroatoms. The average molecular weight is 463 g/mol. The molecule has 0 spiro atoms. The van der Waals surface area contributed by atoms with Gasteiger partial charge in [0.2, 0.25) is 0 Å². The topological polar surface area (TPSA) is 98.2 Å². The number of aromatic hydroxyl groups is 1. The van der Waals surface area contributed by atoms with E-state index in [4.69, 9.17) is 11.6 Å². The van der Waals surface area contributed by atoms with Gasteiger partial charge in [0.15, 0.2) is 11.6 Å². The minimum absolute atomic E-state index is 0. The number of anilines is 1. The molecule has 1 aromatic carbocycles. The van der Waals surface area contributed by atoms with E-state index in [-0.39, 0.29) is 30.0 Å². The molecule has 2 N–H and O–H groups in total. The Morgan fingerprint density at radius 3 is 2.81 bits per heavy atom. The summed E-state index contributed by atoms with van der Waals surface area (Å²) >= 11 is 6.10. The molecule has 2 aromatic heterocycles. The number of halogens is 2. The second-order valence-corrected chi connectivity index (χ2v) is 7.82. The maximum Gasteiger partial charge on any atom is 0.178 e. The van der Waals surface area contributed by atoms with Gasteiger partial charge in [0.05, 0.1) is 17.4 Å². The third-order valence-corrected chi connectivity index (χ3v) is 5.58. The van der Waals surface area contributed by atoms with Crippen molar-refractivity contribution in [2.45, 2.75) is 19.4 Å². The number of hydrogen-bond donors (Lipinski definition) is 2. The van der Waals surface area contributed by atoms with Crippen LogP contribution in [0.2, 0.25) is 5.02 Å². The molecule has 8 nitrogen and oxygen atoms in total. The zero-order valence-corrected chi connectivity index (χ0v) is 18.6. The predicted molar refractivity (Wildman–Crippen MR) is 122 cm³/mol. The van der Waals surface area contributed by atoms with Crippen molar-refractivity contribution in [3.63, 3.8) is 0 Å². The Morgan fingerprint density at radius 2 is 2.06 bits per heavy atom. The molecular formula is C21H24Cl2N6O2. The van der Waals surface area contributed by atoms with Gasteiger partial charge in [0, 0.05) is 56.1 Å². The number of carbonyl (C=O) groups is 1. The first-order valence-electron chi connectivity index (χ1n) is 9.84. The van der Waals surface area contributed by atoms with Crippen LogP contribution >= 0.6 is 24.0 Å². The van der Waals surface area contributed by atoms with Crippen molar-refractivity contribution in [1.29, 1.82) is 0 Å². The summed E-state index contributed by atoms with van der Waals surface area (Å²) in [5.41, 5.74) is 1.81. The van der Waals surface area contributed by atoms with Crippen molar-refractivity contribution in [3.05, 3.63) is 53.4 Å². The van der Waals surface area contributed by atoms with Gasteiger partial charge in [0.1, 0.15) is 11.4 Å². The van der Waals surface area contributed by atoms with Crippen molar-refractivity contribution in [3.8, 4) is 17.3 Å². The average Bonchev–Trinajstić information content (AvgIpc) is 3.25. The van der Waals surface area contributed by atoms with Crippen LogP contribution in [0.5, 0.6) is 5.75 Å². The molecule has 1 saturated heterocycles. The lowest BCUT2D eigenvalue weighted by atomic mass is 10.1. The fourth-order valence-electron chi connectivity index (χ4n) is 3.81. The molecule has 0 radical (unpaired) electrons. The number of rotatable bonds is 6. The van der Waals surface area contributed by atoms with Gasteiger partial charge in [-0.1, -0.05) is 11.6 Å². The number of nitrogens with one attached hydrogen (secondary N) is 1. The lowest BCUT2D eigenvalue weighted by molar-refractivity contribution is 0.0959. The summed E-state index contributed by atoms with van der Waals surface area (Å²) in [6, 6.07) is 7.00. The van der Waals surface area contributed by atoms with Crippen molar-refractivity contribution < 1.29 is 9.90 Å². The number of nitrogens with zero attached hydrogens (tertiary/aromatic N) is 5. The first kappa shape index (κ1) is 23.0. The van der Waals surface area contributed by atoms with Crippen molar-refractivity contribution >= 4 is 35.5 Å². The monoisotopic (exact) mass is 462 g/mol. The first-order chi connectivity index (χ1) is 14.5. The van der Waals surface area contributed by atoms with Crippen molar-refractivity contribution in [2.24, 2.45) is 0 Å². The number of ketones is 1. The van der Waals surface area contributed by atoms with Gasteiger partial charge in [-0.2, -0.15) is 5.10 Å². The largest absolute Gasteiger partial charge is 0.506 e. The van der Waals surface area contributed by atoms with E-state index < -0.39 is 0 Å². The molecule has 164 valence electrons. The molecule has 4 rings (SSSR count). The molecule has 0 amide bonds. The van der Waals surface area contributed by atoms with Gasteiger partial charge in [0.25, 0.3) is 0 Å². The highest BCUT2D eigenvalue weighted by Crippen LogP contribution is 2.32. The number of H-pyrrole nitrogens is 1. The Kier molecular flexibility index (Phi) is 7.48. The fourth-order valence-corrected chi connectivity index (χ4v) is 3.98. The number of hydrogen-bond acceptors (Lipinski definition) is 7. The van der Waals surface area contributed by atoms with Crippen LogP contribution in [-0.4, -0.2) is 68.2 Å². The maximum atomic E-state index is 12.8. The van der Waals surface area contributed by atoms with E-state index in [9.17, 15) is 9.90 Å². The van der Waals surface area contributed by atoms with E-state index in [0.29, 0.717) is 35.1 Å². The number of Topliss-reactive ketones (excluding diaryl/α,β-unsaturated/α-hetero) is 1. The van der Waals surface area contributed by atoms with Crippen LogP contribution in [-0.2, 0) is 0 Å². The number of aromatic amines is 1. The SMILES string of the molecule is CC1CN(CCC(=O)c2cn[nH]c2-c2ncccn2)CCN1c1cc(Cl)ccc1O.Cl. The molecule has 1 atom stereocenters. The van der Waals surface area contributed by atoms with E-state index in [1.54, 1.807) is 36.7 Å². The van der Waals surface area contributed by atoms with Crippen LogP contribution in [0.15, 0.2) is 42.9 Å². The predicted octanol–water partition coefficient (Wildman–Crippen LogP) is 3.43. The molecule has 31 heavy (non-hydrogen) atoms. The minimum atomic E-state index is 0. The fraction of sp³-hybridized carbons (Fsp3) is 0.333. The van der Waals surface area contributed by atoms with Crippen LogP contribution in [0.3, 0.4) is 0 Å². The molecule has 3 heterocycles. The highest BCUT2D eigenvalue weighted by Gasteiger charge is 2.26. The molecule has 0 aliphatic carbocycles. The van der Waals surface area contributed by atoms with Crippen LogP contribution < -0.4 is 4.90 Å². The number of phenols is 1. The third kappa shape index (κ3) is 5.15. The summed E-state index contributed by atoms with van der Waals surface area (Å²) < 4.78 is 0. The summed E-state index contributed by atoms with van der Waals surface area (Å²) in [6.07, 6.45) is 5.19. The number of phenolic OH excluding ortho intramolecular Hbond substituents is 1. The Hall–Kier alpha value is -2.68. The summed E-state index contributed by atoms with van der Waals surface area (Å²) in [7, 11) is 0.